The van der Waals surface area contributed by atoms with Gasteiger partial charge in [0.1, 0.15) is 6.04 Å². The molecular formula is C24H26N6O5. The summed E-state index contributed by atoms with van der Waals surface area (Å²) in [6.07, 6.45) is 3.17. The Labute approximate surface area is 201 Å². The van der Waals surface area contributed by atoms with E-state index in [-0.39, 0.29) is 30.0 Å². The van der Waals surface area contributed by atoms with E-state index in [4.69, 9.17) is 0 Å². The second-order valence-electron chi connectivity index (χ2n) is 8.38. The fourth-order valence-electron chi connectivity index (χ4n) is 4.05. The van der Waals surface area contributed by atoms with E-state index < -0.39 is 29.7 Å². The van der Waals surface area contributed by atoms with Gasteiger partial charge in [-0.05, 0) is 50.5 Å². The summed E-state index contributed by atoms with van der Waals surface area (Å²) in [5.74, 6) is -2.14. The van der Waals surface area contributed by atoms with E-state index in [0.29, 0.717) is 37.3 Å². The first kappa shape index (κ1) is 23.9. The van der Waals surface area contributed by atoms with Crippen LogP contribution in [-0.4, -0.2) is 58.7 Å². The number of nitrogens with one attached hydrogen (secondary N) is 4. The molecule has 2 aromatic rings. The second-order valence-corrected chi connectivity index (χ2v) is 8.38. The molecule has 11 nitrogen and oxygen atoms in total. The highest BCUT2D eigenvalue weighted by Crippen LogP contribution is 2.32. The molecule has 1 unspecified atom stereocenters. The lowest BCUT2D eigenvalue weighted by molar-refractivity contribution is -0.136. The first-order valence-electron chi connectivity index (χ1n) is 11.4. The Morgan fingerprint density at radius 3 is 2.63 bits per heavy atom. The van der Waals surface area contributed by atoms with Gasteiger partial charge in [-0.25, -0.2) is 4.79 Å². The molecule has 4 N–H and O–H groups in total. The first-order valence-corrected chi connectivity index (χ1v) is 11.4. The van der Waals surface area contributed by atoms with Crippen LogP contribution in [0.1, 0.15) is 52.1 Å². The van der Waals surface area contributed by atoms with Crippen LogP contribution in [0.2, 0.25) is 0 Å². The van der Waals surface area contributed by atoms with Gasteiger partial charge in [0.05, 0.1) is 23.0 Å². The van der Waals surface area contributed by atoms with Crippen molar-refractivity contribution >= 4 is 41.0 Å². The number of urea groups is 1. The molecular weight excluding hydrogens is 452 g/mol. The number of carbonyl (C=O) groups excluding carboxylic acids is 5. The van der Waals surface area contributed by atoms with E-state index in [0.717, 1.165) is 10.6 Å². The number of rotatable bonds is 8. The largest absolute Gasteiger partial charge is 0.384 e. The summed E-state index contributed by atoms with van der Waals surface area (Å²) < 4.78 is 0. The summed E-state index contributed by atoms with van der Waals surface area (Å²) in [6, 6.07) is 7.20. The van der Waals surface area contributed by atoms with Gasteiger partial charge in [-0.2, -0.15) is 0 Å². The number of unbranched alkanes of at least 4 members (excludes halogenated alkanes) is 1. The van der Waals surface area contributed by atoms with E-state index in [1.54, 1.807) is 30.5 Å². The van der Waals surface area contributed by atoms with Crippen molar-refractivity contribution in [1.29, 1.82) is 0 Å². The monoisotopic (exact) mass is 478 g/mol. The van der Waals surface area contributed by atoms with E-state index >= 15 is 0 Å². The third-order valence-electron chi connectivity index (χ3n) is 5.84. The third-order valence-corrected chi connectivity index (χ3v) is 5.84. The molecule has 35 heavy (non-hydrogen) atoms. The number of imide groups is 2. The summed E-state index contributed by atoms with van der Waals surface area (Å²) in [7, 11) is 0. The number of pyridine rings is 1. The van der Waals surface area contributed by atoms with Crippen LogP contribution >= 0.6 is 0 Å². The maximum atomic E-state index is 13.1. The van der Waals surface area contributed by atoms with Gasteiger partial charge in [0.2, 0.25) is 11.8 Å². The van der Waals surface area contributed by atoms with Gasteiger partial charge in [-0.3, -0.25) is 34.4 Å². The van der Waals surface area contributed by atoms with Crippen LogP contribution in [0.5, 0.6) is 0 Å². The SMILES string of the molecule is Cc1ccc(NC(=O)NCCCCNc2cccc3c2C(=O)N(C2CCC(=O)NC2=O)C3=O)cn1. The average molecular weight is 479 g/mol. The zero-order valence-electron chi connectivity index (χ0n) is 19.2. The number of anilines is 2. The normalized spacial score (nSPS) is 17.2. The topological polar surface area (TPSA) is 150 Å². The van der Waals surface area contributed by atoms with E-state index in [2.05, 4.69) is 26.3 Å². The number of hydrogen-bond acceptors (Lipinski definition) is 7. The van der Waals surface area contributed by atoms with Crippen molar-refractivity contribution in [3.8, 4) is 0 Å². The van der Waals surface area contributed by atoms with Gasteiger partial charge in [-0.15, -0.1) is 0 Å². The van der Waals surface area contributed by atoms with Gasteiger partial charge >= 0.3 is 6.03 Å². The minimum atomic E-state index is -0.999. The first-order chi connectivity index (χ1) is 16.8. The molecule has 1 atom stereocenters. The maximum absolute atomic E-state index is 13.1. The van der Waals surface area contributed by atoms with Crippen molar-refractivity contribution in [2.45, 2.75) is 38.6 Å². The minimum absolute atomic E-state index is 0.0723. The highest BCUT2D eigenvalue weighted by atomic mass is 16.2. The third kappa shape index (κ3) is 5.29. The fourth-order valence-corrected chi connectivity index (χ4v) is 4.05. The number of hydrogen-bond donors (Lipinski definition) is 4. The van der Waals surface area contributed by atoms with Crippen molar-refractivity contribution in [2.75, 3.05) is 23.7 Å². The van der Waals surface area contributed by atoms with Crippen molar-refractivity contribution in [3.63, 3.8) is 0 Å². The van der Waals surface area contributed by atoms with Crippen molar-refractivity contribution < 1.29 is 24.0 Å². The van der Waals surface area contributed by atoms with E-state index in [1.165, 1.54) is 0 Å². The summed E-state index contributed by atoms with van der Waals surface area (Å²) in [4.78, 5) is 66.6. The Hall–Kier alpha value is -4.28. The maximum Gasteiger partial charge on any atom is 0.319 e. The lowest BCUT2D eigenvalue weighted by Crippen LogP contribution is -2.54. The summed E-state index contributed by atoms with van der Waals surface area (Å²) in [5.41, 5.74) is 2.44. The molecule has 1 saturated heterocycles. The smallest absolute Gasteiger partial charge is 0.319 e. The molecule has 6 amide bonds. The molecule has 11 heteroatoms. The number of carbonyl (C=O) groups is 5. The Kier molecular flexibility index (Phi) is 7.04. The van der Waals surface area contributed by atoms with Crippen LogP contribution in [0.4, 0.5) is 16.2 Å². The van der Waals surface area contributed by atoms with Crippen LogP contribution in [-0.2, 0) is 9.59 Å². The lowest BCUT2D eigenvalue weighted by Gasteiger charge is -2.27. The quantitative estimate of drug-likeness (QED) is 0.334. The van der Waals surface area contributed by atoms with Gasteiger partial charge in [0.25, 0.3) is 11.8 Å². The summed E-state index contributed by atoms with van der Waals surface area (Å²) >= 11 is 0. The van der Waals surface area contributed by atoms with Crippen molar-refractivity contribution in [2.24, 2.45) is 0 Å². The zero-order valence-corrected chi connectivity index (χ0v) is 19.2. The Morgan fingerprint density at radius 1 is 1.09 bits per heavy atom. The zero-order chi connectivity index (χ0) is 24.9. The van der Waals surface area contributed by atoms with Crippen molar-refractivity contribution in [1.82, 2.24) is 20.5 Å². The van der Waals surface area contributed by atoms with Gasteiger partial charge in [0, 0.05) is 30.9 Å². The van der Waals surface area contributed by atoms with E-state index in [1.807, 2.05) is 13.0 Å². The number of piperidine rings is 1. The summed E-state index contributed by atoms with van der Waals surface area (Å²) in [6.45, 7) is 2.84. The Bertz CT molecular complexity index is 1180. The predicted molar refractivity (Wildman–Crippen MR) is 127 cm³/mol. The Balaban J connectivity index is 1.27. The molecule has 0 saturated carbocycles. The molecule has 182 valence electrons. The number of nitrogens with zero attached hydrogens (tertiary/aromatic N) is 2. The van der Waals surface area contributed by atoms with Crippen LogP contribution in [0.3, 0.4) is 0 Å². The molecule has 0 aliphatic carbocycles. The van der Waals surface area contributed by atoms with Crippen LogP contribution in [0.25, 0.3) is 0 Å². The molecule has 2 aliphatic rings. The molecule has 0 spiro atoms. The molecule has 2 aliphatic heterocycles. The molecule has 3 heterocycles. The molecule has 4 rings (SSSR count). The van der Waals surface area contributed by atoms with Gasteiger partial charge in [0.15, 0.2) is 0 Å². The van der Waals surface area contributed by atoms with Crippen LogP contribution in [0.15, 0.2) is 36.5 Å². The second kappa shape index (κ2) is 10.3. The average Bonchev–Trinajstić information content (AvgIpc) is 3.08. The fraction of sp³-hybridized carbons (Fsp3) is 0.333. The number of aryl methyl sites for hydroxylation is 1. The van der Waals surface area contributed by atoms with E-state index in [9.17, 15) is 24.0 Å². The Morgan fingerprint density at radius 2 is 1.89 bits per heavy atom. The predicted octanol–water partition coefficient (Wildman–Crippen LogP) is 1.81. The van der Waals surface area contributed by atoms with Crippen molar-refractivity contribution in [3.05, 3.63) is 53.3 Å². The van der Waals surface area contributed by atoms with Gasteiger partial charge in [-0.1, -0.05) is 6.07 Å². The molecule has 1 fully saturated rings. The minimum Gasteiger partial charge on any atom is -0.384 e. The van der Waals surface area contributed by atoms with Crippen LogP contribution in [0, 0.1) is 6.92 Å². The number of amides is 6. The standard InChI is InChI=1S/C24H26N6O5/c1-14-7-8-15(13-27-14)28-24(35)26-12-3-2-11-25-17-6-4-5-16-20(17)23(34)30(22(16)33)18-9-10-19(31)29-21(18)32/h4-8,13,18,25H,2-3,9-12H2,1H3,(H2,26,28,35)(H,29,31,32). The molecule has 1 aromatic heterocycles. The number of fused-ring (bicyclic) bond motifs is 1. The summed E-state index contributed by atoms with van der Waals surface area (Å²) in [5, 5.41) is 10.9. The van der Waals surface area contributed by atoms with Gasteiger partial charge < -0.3 is 16.0 Å². The van der Waals surface area contributed by atoms with Crippen LogP contribution < -0.4 is 21.3 Å². The molecule has 0 bridgehead atoms. The molecule has 0 radical (unpaired) electrons. The highest BCUT2D eigenvalue weighted by molar-refractivity contribution is 6.25. The number of benzene rings is 1. The highest BCUT2D eigenvalue weighted by Gasteiger charge is 2.45. The molecule has 1 aromatic carbocycles. The lowest BCUT2D eigenvalue weighted by atomic mass is 10.0. The number of aromatic nitrogens is 1.